The van der Waals surface area contributed by atoms with E-state index < -0.39 is 30.0 Å². The summed E-state index contributed by atoms with van der Waals surface area (Å²) in [6.45, 7) is 0. The average molecular weight is 368 g/mol. The molecule has 2 aromatic rings. The topological polar surface area (TPSA) is 147 Å². The van der Waals surface area contributed by atoms with Crippen molar-refractivity contribution < 1.29 is 40.6 Å². The molecular weight excluding hydrogens is 360 g/mol. The summed E-state index contributed by atoms with van der Waals surface area (Å²) in [4.78, 5) is -1.16. The lowest BCUT2D eigenvalue weighted by atomic mass is 10.1. The molecule has 2 rings (SSSR count). The highest BCUT2D eigenvalue weighted by atomic mass is 32.2. The van der Waals surface area contributed by atoms with Crippen LogP contribution in [0.15, 0.2) is 45.0 Å². The Balaban J connectivity index is 2.89. The van der Waals surface area contributed by atoms with Crippen LogP contribution < -0.4 is 0 Å². The quantitative estimate of drug-likeness (QED) is 0.308. The van der Waals surface area contributed by atoms with Crippen LogP contribution >= 0.6 is 12.0 Å². The first-order valence-electron chi connectivity index (χ1n) is 5.31. The second-order valence-electron chi connectivity index (χ2n) is 3.95. The number of hydrogen-bond acceptors (Lipinski definition) is 8. The molecular formula is C10H8O9S3. The third-order valence-electron chi connectivity index (χ3n) is 2.61. The van der Waals surface area contributed by atoms with Gasteiger partial charge in [-0.1, -0.05) is 17.2 Å². The maximum Gasteiger partial charge on any atom is 0.295 e. The molecule has 9 nitrogen and oxygen atoms in total. The van der Waals surface area contributed by atoms with E-state index in [1.54, 1.807) is 0 Å². The molecule has 0 aliphatic carbocycles. The van der Waals surface area contributed by atoms with Gasteiger partial charge in [-0.15, -0.1) is 4.33 Å². The summed E-state index contributed by atoms with van der Waals surface area (Å²) in [7, 11) is -9.32. The highest BCUT2D eigenvalue weighted by Crippen LogP contribution is 2.33. The van der Waals surface area contributed by atoms with Gasteiger partial charge < -0.3 is 0 Å². The van der Waals surface area contributed by atoms with Gasteiger partial charge in [-0.05, 0) is 18.2 Å². The molecule has 0 amide bonds. The zero-order valence-corrected chi connectivity index (χ0v) is 12.9. The van der Waals surface area contributed by atoms with Gasteiger partial charge in [0.25, 0.3) is 20.2 Å². The van der Waals surface area contributed by atoms with Crippen LogP contribution in [0.4, 0.5) is 0 Å². The summed E-state index contributed by atoms with van der Waals surface area (Å²) in [6.07, 6.45) is 0. The molecule has 0 aliphatic rings. The smallest absolute Gasteiger partial charge is 0.282 e. The number of benzene rings is 2. The molecule has 0 atom stereocenters. The van der Waals surface area contributed by atoms with Gasteiger partial charge >= 0.3 is 0 Å². The molecule has 0 unspecified atom stereocenters. The van der Waals surface area contributed by atoms with Gasteiger partial charge in [0.15, 0.2) is 0 Å². The summed E-state index contributed by atoms with van der Waals surface area (Å²) in [5, 5.41) is 11.2. The summed E-state index contributed by atoms with van der Waals surface area (Å²) in [6, 6.07) is 5.68. The van der Waals surface area contributed by atoms with Gasteiger partial charge in [0.2, 0.25) is 0 Å². The van der Waals surface area contributed by atoms with Crippen LogP contribution in [0.1, 0.15) is 0 Å². The van der Waals surface area contributed by atoms with Gasteiger partial charge in [0.05, 0.1) is 12.0 Å². The van der Waals surface area contributed by atoms with E-state index in [0.29, 0.717) is 12.0 Å². The number of rotatable bonds is 5. The highest BCUT2D eigenvalue weighted by molar-refractivity contribution is 7.94. The van der Waals surface area contributed by atoms with E-state index in [1.165, 1.54) is 18.2 Å². The van der Waals surface area contributed by atoms with Crippen LogP contribution in [0.2, 0.25) is 0 Å². The second-order valence-corrected chi connectivity index (χ2v) is 7.50. The van der Waals surface area contributed by atoms with Crippen molar-refractivity contribution >= 4 is 43.1 Å². The van der Waals surface area contributed by atoms with Crippen molar-refractivity contribution in [2.75, 3.05) is 0 Å². The molecule has 0 aromatic heterocycles. The fourth-order valence-corrected chi connectivity index (χ4v) is 3.78. The van der Waals surface area contributed by atoms with Crippen LogP contribution in [0.25, 0.3) is 10.8 Å². The van der Waals surface area contributed by atoms with Crippen LogP contribution in [0, 0.1) is 0 Å². The largest absolute Gasteiger partial charge is 0.295 e. The fraction of sp³-hybridized carbons (Fsp3) is 0. The Kier molecular flexibility index (Phi) is 4.74. The summed E-state index contributed by atoms with van der Waals surface area (Å²) < 4.78 is 68.3. The third kappa shape index (κ3) is 3.56. The maximum atomic E-state index is 11.4. The molecule has 0 fully saturated rings. The van der Waals surface area contributed by atoms with Crippen molar-refractivity contribution in [3.8, 4) is 0 Å². The molecule has 0 saturated heterocycles. The first-order valence-corrected chi connectivity index (χ1v) is 8.93. The molecule has 22 heavy (non-hydrogen) atoms. The van der Waals surface area contributed by atoms with Crippen LogP contribution in [-0.2, 0) is 29.6 Å². The first kappa shape index (κ1) is 17.1. The van der Waals surface area contributed by atoms with Gasteiger partial charge in [-0.3, -0.25) is 9.11 Å². The Morgan fingerprint density at radius 2 is 1.55 bits per heavy atom. The molecule has 2 aromatic carbocycles. The minimum atomic E-state index is -4.69. The fourth-order valence-electron chi connectivity index (χ4n) is 1.84. The average Bonchev–Trinajstić information content (AvgIpc) is 2.41. The molecule has 0 aliphatic heterocycles. The summed E-state index contributed by atoms with van der Waals surface area (Å²) >= 11 is 0.361. The minimum absolute atomic E-state index is 0.00900. The summed E-state index contributed by atoms with van der Waals surface area (Å²) in [5.41, 5.74) is 0. The van der Waals surface area contributed by atoms with E-state index in [4.69, 9.17) is 5.26 Å². The lowest BCUT2D eigenvalue weighted by molar-refractivity contribution is -0.432. The SMILES string of the molecule is O=S(=O)(O)c1cc(SOOO)cc2c(S(=O)(=O)O)cccc12. The van der Waals surface area contributed by atoms with Gasteiger partial charge in [0.1, 0.15) is 9.79 Å². The van der Waals surface area contributed by atoms with Crippen LogP contribution in [0.3, 0.4) is 0 Å². The lowest BCUT2D eigenvalue weighted by Crippen LogP contribution is -2.03. The van der Waals surface area contributed by atoms with Gasteiger partial charge in [-0.25, -0.2) is 5.26 Å². The highest BCUT2D eigenvalue weighted by Gasteiger charge is 2.21. The molecule has 12 heteroatoms. The maximum absolute atomic E-state index is 11.4. The zero-order chi connectivity index (χ0) is 16.5. The van der Waals surface area contributed by atoms with E-state index in [2.05, 4.69) is 9.37 Å². The standard InChI is InChI=1S/C10H8O9S3/c11-18-19-20-6-4-8-7(10(5-6)22(15,16)17)2-1-3-9(8)21(12,13)14/h1-5,11H,(H,12,13,14)(H,15,16,17). The van der Waals surface area contributed by atoms with Gasteiger partial charge in [0, 0.05) is 15.7 Å². The van der Waals surface area contributed by atoms with Crippen molar-refractivity contribution in [2.24, 2.45) is 0 Å². The van der Waals surface area contributed by atoms with E-state index >= 15 is 0 Å². The molecule has 0 radical (unpaired) electrons. The zero-order valence-electron chi connectivity index (χ0n) is 10.4. The second kappa shape index (κ2) is 6.10. The Labute approximate surface area is 129 Å². The van der Waals surface area contributed by atoms with Crippen LogP contribution in [-0.4, -0.2) is 31.2 Å². The Morgan fingerprint density at radius 3 is 2.09 bits per heavy atom. The van der Waals surface area contributed by atoms with Crippen molar-refractivity contribution in [3.63, 3.8) is 0 Å². The Morgan fingerprint density at radius 1 is 0.909 bits per heavy atom. The van der Waals surface area contributed by atoms with Crippen molar-refractivity contribution in [1.82, 2.24) is 0 Å². The predicted octanol–water partition coefficient (Wildman–Crippen LogP) is 1.76. The Hall–Kier alpha value is -1.25. The first-order chi connectivity index (χ1) is 10.1. The number of fused-ring (bicyclic) bond motifs is 1. The molecule has 3 N–H and O–H groups in total. The molecule has 120 valence electrons. The molecule has 0 spiro atoms. The van der Waals surface area contributed by atoms with Crippen molar-refractivity contribution in [1.29, 1.82) is 0 Å². The monoisotopic (exact) mass is 368 g/mol. The van der Waals surface area contributed by atoms with E-state index in [9.17, 15) is 25.9 Å². The Bertz CT molecular complexity index is 918. The molecule has 0 bridgehead atoms. The van der Waals surface area contributed by atoms with Gasteiger partial charge in [-0.2, -0.15) is 16.8 Å². The minimum Gasteiger partial charge on any atom is -0.282 e. The van der Waals surface area contributed by atoms with E-state index in [1.807, 2.05) is 0 Å². The number of hydrogen-bond donors (Lipinski definition) is 3. The summed E-state index contributed by atoms with van der Waals surface area (Å²) in [5.74, 6) is 0. The van der Waals surface area contributed by atoms with Crippen molar-refractivity contribution in [2.45, 2.75) is 14.7 Å². The van der Waals surface area contributed by atoms with Crippen molar-refractivity contribution in [3.05, 3.63) is 30.3 Å². The predicted molar refractivity (Wildman–Crippen MR) is 74.2 cm³/mol. The lowest BCUT2D eigenvalue weighted by Gasteiger charge is -2.09. The molecule has 0 heterocycles. The van der Waals surface area contributed by atoms with Crippen LogP contribution in [0.5, 0.6) is 0 Å². The third-order valence-corrected chi connectivity index (χ3v) is 4.97. The van der Waals surface area contributed by atoms with E-state index in [-0.39, 0.29) is 15.7 Å². The normalized spacial score (nSPS) is 12.7. The van der Waals surface area contributed by atoms with E-state index in [0.717, 1.165) is 12.1 Å². The molecule has 0 saturated carbocycles.